The maximum atomic E-state index is 12.7. The quantitative estimate of drug-likeness (QED) is 0.697. The molecule has 1 aromatic carbocycles. The van der Waals surface area contributed by atoms with Gasteiger partial charge in [-0.05, 0) is 31.2 Å². The number of fused-ring (bicyclic) bond motifs is 1. The Kier molecular flexibility index (Phi) is 6.62. The summed E-state index contributed by atoms with van der Waals surface area (Å²) in [4.78, 5) is 31.0. The molecule has 7 heteroatoms. The number of benzene rings is 1. The van der Waals surface area contributed by atoms with Crippen LogP contribution in [0, 0.1) is 0 Å². The number of amides is 2. The summed E-state index contributed by atoms with van der Waals surface area (Å²) in [6.45, 7) is 3.81. The maximum absolute atomic E-state index is 12.7. The Morgan fingerprint density at radius 3 is 2.73 bits per heavy atom. The number of carbonyl (C=O) groups excluding carboxylic acids is 2. The molecule has 0 spiro atoms. The van der Waals surface area contributed by atoms with Crippen molar-refractivity contribution in [2.45, 2.75) is 31.2 Å². The van der Waals surface area contributed by atoms with E-state index >= 15 is 0 Å². The van der Waals surface area contributed by atoms with Crippen LogP contribution < -0.4 is 4.90 Å². The molecule has 0 bridgehead atoms. The van der Waals surface area contributed by atoms with E-state index in [1.807, 2.05) is 48.2 Å². The fraction of sp³-hybridized carbons (Fsp3) is 0.368. The normalized spacial score (nSPS) is 13.4. The molecule has 2 aromatic rings. The minimum absolute atomic E-state index is 0.00467. The molecule has 26 heavy (non-hydrogen) atoms. The number of hydrogen-bond acceptors (Lipinski definition) is 4. The fourth-order valence-electron chi connectivity index (χ4n) is 2.94. The first-order valence-corrected chi connectivity index (χ1v) is 10.8. The molecule has 0 aliphatic carbocycles. The first kappa shape index (κ1) is 19.3. The Labute approximate surface area is 167 Å². The van der Waals surface area contributed by atoms with E-state index in [4.69, 9.17) is 11.6 Å². The van der Waals surface area contributed by atoms with Crippen molar-refractivity contribution in [3.05, 3.63) is 45.6 Å². The Morgan fingerprint density at radius 1 is 1.19 bits per heavy atom. The molecule has 1 aliphatic heterocycles. The van der Waals surface area contributed by atoms with E-state index in [2.05, 4.69) is 0 Å². The van der Waals surface area contributed by atoms with Gasteiger partial charge in [0.2, 0.25) is 11.8 Å². The van der Waals surface area contributed by atoms with Gasteiger partial charge >= 0.3 is 0 Å². The van der Waals surface area contributed by atoms with Crippen molar-refractivity contribution in [3.8, 4) is 0 Å². The van der Waals surface area contributed by atoms with Gasteiger partial charge in [-0.25, -0.2) is 0 Å². The Bertz CT molecular complexity index is 793. The van der Waals surface area contributed by atoms with Gasteiger partial charge in [-0.15, -0.1) is 23.1 Å². The molecule has 0 saturated carbocycles. The lowest BCUT2D eigenvalue weighted by molar-refractivity contribution is -0.133. The number of para-hydroxylation sites is 1. The van der Waals surface area contributed by atoms with Gasteiger partial charge in [0.05, 0.1) is 16.6 Å². The zero-order chi connectivity index (χ0) is 18.5. The van der Waals surface area contributed by atoms with Crippen molar-refractivity contribution < 1.29 is 9.59 Å². The summed E-state index contributed by atoms with van der Waals surface area (Å²) >= 11 is 9.21. The third-order valence-electron chi connectivity index (χ3n) is 4.29. The zero-order valence-corrected chi connectivity index (χ0v) is 17.0. The van der Waals surface area contributed by atoms with Gasteiger partial charge in [0.25, 0.3) is 0 Å². The highest BCUT2D eigenvalue weighted by Gasteiger charge is 2.23. The van der Waals surface area contributed by atoms with Crippen LogP contribution in [0.1, 0.15) is 24.6 Å². The topological polar surface area (TPSA) is 40.6 Å². The Morgan fingerprint density at radius 2 is 2.00 bits per heavy atom. The van der Waals surface area contributed by atoms with Crippen LogP contribution in [0.3, 0.4) is 0 Å². The van der Waals surface area contributed by atoms with Crippen molar-refractivity contribution in [3.63, 3.8) is 0 Å². The largest absolute Gasteiger partial charge is 0.338 e. The van der Waals surface area contributed by atoms with Crippen molar-refractivity contribution in [2.24, 2.45) is 0 Å². The SMILES string of the molecule is CCN(Cc1ccc(Cl)s1)C(=O)CCC(=O)N1CCSc2ccccc21. The number of halogens is 1. The van der Waals surface area contributed by atoms with Gasteiger partial charge in [0.1, 0.15) is 0 Å². The molecule has 0 fully saturated rings. The van der Waals surface area contributed by atoms with E-state index in [0.29, 0.717) is 19.6 Å². The molecule has 2 amide bonds. The average molecular weight is 409 g/mol. The van der Waals surface area contributed by atoms with Gasteiger partial charge in [-0.2, -0.15) is 0 Å². The second-order valence-corrected chi connectivity index (χ2v) is 8.91. The van der Waals surface area contributed by atoms with Crippen LogP contribution in [0.2, 0.25) is 4.34 Å². The van der Waals surface area contributed by atoms with Crippen molar-refractivity contribution in [1.29, 1.82) is 0 Å². The van der Waals surface area contributed by atoms with Crippen LogP contribution in [0.4, 0.5) is 5.69 Å². The molecule has 0 unspecified atom stereocenters. The number of thioether (sulfide) groups is 1. The predicted molar refractivity (Wildman–Crippen MR) is 109 cm³/mol. The van der Waals surface area contributed by atoms with Crippen molar-refractivity contribution >= 4 is 52.2 Å². The van der Waals surface area contributed by atoms with Crippen LogP contribution in [-0.2, 0) is 16.1 Å². The van der Waals surface area contributed by atoms with Gasteiger partial charge in [0, 0.05) is 41.5 Å². The molecular formula is C19H21ClN2O2S2. The minimum Gasteiger partial charge on any atom is -0.338 e. The number of nitrogens with zero attached hydrogens (tertiary/aromatic N) is 2. The highest BCUT2D eigenvalue weighted by atomic mass is 35.5. The van der Waals surface area contributed by atoms with Crippen LogP contribution in [0.5, 0.6) is 0 Å². The number of thiophene rings is 1. The van der Waals surface area contributed by atoms with Gasteiger partial charge < -0.3 is 9.80 Å². The molecule has 0 N–H and O–H groups in total. The van der Waals surface area contributed by atoms with Crippen LogP contribution in [0.15, 0.2) is 41.3 Å². The molecule has 1 aromatic heterocycles. The molecule has 138 valence electrons. The molecule has 4 nitrogen and oxygen atoms in total. The summed E-state index contributed by atoms with van der Waals surface area (Å²) in [5.74, 6) is 0.906. The van der Waals surface area contributed by atoms with E-state index in [1.165, 1.54) is 11.3 Å². The molecule has 3 rings (SSSR count). The van der Waals surface area contributed by atoms with E-state index in [-0.39, 0.29) is 24.7 Å². The highest BCUT2D eigenvalue weighted by Crippen LogP contribution is 2.34. The van der Waals surface area contributed by atoms with Crippen LogP contribution >= 0.6 is 34.7 Å². The number of carbonyl (C=O) groups is 2. The van der Waals surface area contributed by atoms with E-state index in [0.717, 1.165) is 25.5 Å². The van der Waals surface area contributed by atoms with Gasteiger partial charge in [0.15, 0.2) is 0 Å². The lowest BCUT2D eigenvalue weighted by Crippen LogP contribution is -2.37. The summed E-state index contributed by atoms with van der Waals surface area (Å²) in [6.07, 6.45) is 0.469. The molecule has 0 atom stereocenters. The molecule has 0 radical (unpaired) electrons. The molecule has 0 saturated heterocycles. The van der Waals surface area contributed by atoms with Crippen molar-refractivity contribution in [1.82, 2.24) is 4.90 Å². The smallest absolute Gasteiger partial charge is 0.227 e. The standard InChI is InChI=1S/C19H21ClN2O2S2/c1-2-21(13-14-7-8-17(20)26-14)18(23)9-10-19(24)22-11-12-25-16-6-4-3-5-15(16)22/h3-8H,2,9-13H2,1H3. The summed E-state index contributed by atoms with van der Waals surface area (Å²) in [7, 11) is 0. The van der Waals surface area contributed by atoms with Gasteiger partial charge in [-0.1, -0.05) is 23.7 Å². The average Bonchev–Trinajstić information content (AvgIpc) is 3.08. The van der Waals surface area contributed by atoms with E-state index in [9.17, 15) is 9.59 Å². The number of rotatable bonds is 6. The zero-order valence-electron chi connectivity index (χ0n) is 14.6. The second-order valence-electron chi connectivity index (χ2n) is 5.98. The minimum atomic E-state index is 0.00467. The second kappa shape index (κ2) is 8.93. The summed E-state index contributed by atoms with van der Waals surface area (Å²) in [5, 5.41) is 0. The monoisotopic (exact) mass is 408 g/mol. The van der Waals surface area contributed by atoms with Crippen LogP contribution in [0.25, 0.3) is 0 Å². The summed E-state index contributed by atoms with van der Waals surface area (Å²) in [6, 6.07) is 11.7. The van der Waals surface area contributed by atoms with Gasteiger partial charge in [-0.3, -0.25) is 9.59 Å². The summed E-state index contributed by atoms with van der Waals surface area (Å²) in [5.41, 5.74) is 0.960. The van der Waals surface area contributed by atoms with E-state index < -0.39 is 0 Å². The first-order chi connectivity index (χ1) is 12.6. The Balaban J connectivity index is 1.57. The molecular weight excluding hydrogens is 388 g/mol. The first-order valence-electron chi connectivity index (χ1n) is 8.62. The summed E-state index contributed by atoms with van der Waals surface area (Å²) < 4.78 is 0.723. The lowest BCUT2D eigenvalue weighted by Gasteiger charge is -2.29. The highest BCUT2D eigenvalue weighted by molar-refractivity contribution is 7.99. The Hall–Kier alpha value is -1.50. The van der Waals surface area contributed by atoms with Crippen molar-refractivity contribution in [2.75, 3.05) is 23.7 Å². The number of anilines is 1. The van der Waals surface area contributed by atoms with E-state index in [1.54, 1.807) is 16.7 Å². The molecule has 1 aliphatic rings. The predicted octanol–water partition coefficient (Wildman–Crippen LogP) is 4.67. The van der Waals surface area contributed by atoms with Crippen LogP contribution in [-0.4, -0.2) is 35.6 Å². The molecule has 2 heterocycles. The third kappa shape index (κ3) is 4.61. The third-order valence-corrected chi connectivity index (χ3v) is 6.55. The maximum Gasteiger partial charge on any atom is 0.227 e. The fourth-order valence-corrected chi connectivity index (χ4v) is 5.03. The number of hydrogen-bond donors (Lipinski definition) is 0. The lowest BCUT2D eigenvalue weighted by atomic mass is 10.2.